The van der Waals surface area contributed by atoms with Crippen LogP contribution in [0.4, 0.5) is 0 Å². The lowest BCUT2D eigenvalue weighted by molar-refractivity contribution is -0.258. The highest BCUT2D eigenvalue weighted by molar-refractivity contribution is 4.90. The van der Waals surface area contributed by atoms with Crippen molar-refractivity contribution in [1.29, 1.82) is 0 Å². The number of aliphatic hydroxyl groups excluding tert-OH is 8. The first kappa shape index (κ1) is 65.2. The molecular formula is C46H94O20. The fourth-order valence-corrected chi connectivity index (χ4v) is 9.67. The van der Waals surface area contributed by atoms with E-state index in [1.165, 1.54) is 0 Å². The standard InChI is InChI=1S/4C11H22O5.C2H6/c4*1-7-8(4-12)9(5-13)10(6-14-2)16-11(7)15-3;1-2/h4*7-13H,4-6H2,1-3H3;1-2H3. The van der Waals surface area contributed by atoms with E-state index in [1.807, 2.05) is 41.5 Å². The van der Waals surface area contributed by atoms with Crippen LogP contribution in [0.25, 0.3) is 0 Å². The second-order valence-corrected chi connectivity index (χ2v) is 17.1. The third-order valence-corrected chi connectivity index (χ3v) is 13.7. The van der Waals surface area contributed by atoms with Crippen LogP contribution in [0.1, 0.15) is 41.5 Å². The average Bonchev–Trinajstić information content (AvgIpc) is 3.34. The molecule has 66 heavy (non-hydrogen) atoms. The number of hydrogen-bond donors (Lipinski definition) is 8. The number of aliphatic hydroxyl groups is 8. The minimum absolute atomic E-state index is 0.0139. The molecule has 0 aromatic carbocycles. The second-order valence-electron chi connectivity index (χ2n) is 17.1. The Morgan fingerprint density at radius 3 is 0.545 bits per heavy atom. The lowest BCUT2D eigenvalue weighted by atomic mass is 9.77. The molecule has 20 heteroatoms. The van der Waals surface area contributed by atoms with Gasteiger partial charge in [-0.25, -0.2) is 0 Å². The Morgan fingerprint density at radius 2 is 0.439 bits per heavy atom. The predicted molar refractivity (Wildman–Crippen MR) is 243 cm³/mol. The maximum Gasteiger partial charge on any atom is 0.160 e. The Balaban J connectivity index is 0.000000842. The molecule has 0 amide bonds. The molecule has 0 spiro atoms. The van der Waals surface area contributed by atoms with Crippen molar-refractivity contribution in [3.8, 4) is 0 Å². The molecule has 0 aromatic heterocycles. The Hall–Kier alpha value is -0.800. The lowest BCUT2D eigenvalue weighted by Gasteiger charge is -2.44. The molecule has 0 aliphatic carbocycles. The lowest BCUT2D eigenvalue weighted by Crippen LogP contribution is -2.51. The minimum Gasteiger partial charge on any atom is -0.396 e. The fourth-order valence-electron chi connectivity index (χ4n) is 9.67. The summed E-state index contributed by atoms with van der Waals surface area (Å²) in [5.41, 5.74) is 0. The summed E-state index contributed by atoms with van der Waals surface area (Å²) in [6, 6.07) is 0. The maximum atomic E-state index is 9.40. The van der Waals surface area contributed by atoms with E-state index >= 15 is 0 Å². The van der Waals surface area contributed by atoms with Crippen molar-refractivity contribution in [2.75, 3.05) is 136 Å². The van der Waals surface area contributed by atoms with Crippen LogP contribution in [0.5, 0.6) is 0 Å². The van der Waals surface area contributed by atoms with Crippen molar-refractivity contribution in [1.82, 2.24) is 0 Å². The van der Waals surface area contributed by atoms with Crippen molar-refractivity contribution in [2.45, 2.75) is 91.1 Å². The van der Waals surface area contributed by atoms with Crippen molar-refractivity contribution in [3.63, 3.8) is 0 Å². The minimum atomic E-state index is -0.347. The first-order valence-corrected chi connectivity index (χ1v) is 23.3. The Bertz CT molecular complexity index is 948. The highest BCUT2D eigenvalue weighted by Gasteiger charge is 2.46. The smallest absolute Gasteiger partial charge is 0.160 e. The van der Waals surface area contributed by atoms with Crippen LogP contribution in [-0.2, 0) is 56.8 Å². The third-order valence-electron chi connectivity index (χ3n) is 13.7. The average molecular weight is 967 g/mol. The van der Waals surface area contributed by atoms with E-state index in [-0.39, 0.29) is 173 Å². The van der Waals surface area contributed by atoms with E-state index in [4.69, 9.17) is 56.8 Å². The molecule has 0 radical (unpaired) electrons. The van der Waals surface area contributed by atoms with E-state index in [0.29, 0.717) is 26.4 Å². The van der Waals surface area contributed by atoms with Gasteiger partial charge in [0.2, 0.25) is 0 Å². The molecule has 4 fully saturated rings. The van der Waals surface area contributed by atoms with E-state index in [9.17, 15) is 40.9 Å². The van der Waals surface area contributed by atoms with Gasteiger partial charge in [0.05, 0.1) is 50.8 Å². The molecule has 20 unspecified atom stereocenters. The number of ether oxygens (including phenoxy) is 12. The van der Waals surface area contributed by atoms with Gasteiger partial charge in [-0.05, 0) is 23.7 Å². The molecule has 0 saturated carbocycles. The van der Waals surface area contributed by atoms with Gasteiger partial charge < -0.3 is 97.7 Å². The highest BCUT2D eigenvalue weighted by atomic mass is 16.7. The molecule has 398 valence electrons. The summed E-state index contributed by atoms with van der Waals surface area (Å²) in [6.07, 6.45) is -2.30. The van der Waals surface area contributed by atoms with Crippen LogP contribution in [0.2, 0.25) is 0 Å². The van der Waals surface area contributed by atoms with Gasteiger partial charge in [0, 0.05) is 157 Å². The second kappa shape index (κ2) is 37.0. The summed E-state index contributed by atoms with van der Waals surface area (Å²) in [7, 11) is 12.7. The van der Waals surface area contributed by atoms with Crippen LogP contribution in [-0.4, -0.2) is 227 Å². The Labute approximate surface area is 395 Å². The molecule has 4 heterocycles. The molecule has 0 aromatic rings. The van der Waals surface area contributed by atoms with E-state index in [2.05, 4.69) is 0 Å². The topological polar surface area (TPSA) is 273 Å². The summed E-state index contributed by atoms with van der Waals surface area (Å²) in [5.74, 6) is -0.295. The monoisotopic (exact) mass is 967 g/mol. The number of hydrogen-bond acceptors (Lipinski definition) is 20. The van der Waals surface area contributed by atoms with Crippen LogP contribution >= 0.6 is 0 Å². The van der Waals surface area contributed by atoms with Gasteiger partial charge in [0.1, 0.15) is 0 Å². The molecule has 20 nitrogen and oxygen atoms in total. The molecule has 4 saturated heterocycles. The first-order valence-electron chi connectivity index (χ1n) is 23.3. The molecule has 4 rings (SSSR count). The van der Waals surface area contributed by atoms with Crippen molar-refractivity contribution in [3.05, 3.63) is 0 Å². The van der Waals surface area contributed by atoms with Gasteiger partial charge in [0.25, 0.3) is 0 Å². The van der Waals surface area contributed by atoms with Gasteiger partial charge in [-0.1, -0.05) is 41.5 Å². The van der Waals surface area contributed by atoms with Gasteiger partial charge in [-0.15, -0.1) is 0 Å². The van der Waals surface area contributed by atoms with E-state index in [1.54, 1.807) is 56.9 Å². The highest BCUT2D eigenvalue weighted by Crippen LogP contribution is 2.38. The predicted octanol–water partition coefficient (Wildman–Crippen LogP) is 0.455. The number of rotatable bonds is 20. The fraction of sp³-hybridized carbons (Fsp3) is 1.00. The quantitative estimate of drug-likeness (QED) is 0.0823. The Morgan fingerprint density at radius 1 is 0.288 bits per heavy atom. The summed E-state index contributed by atoms with van der Waals surface area (Å²) in [4.78, 5) is 0. The third kappa shape index (κ3) is 18.4. The normalized spacial score (nSPS) is 38.8. The van der Waals surface area contributed by atoms with Gasteiger partial charge >= 0.3 is 0 Å². The largest absolute Gasteiger partial charge is 0.396 e. The molecule has 4 aliphatic heterocycles. The van der Waals surface area contributed by atoms with Crippen LogP contribution in [0.3, 0.4) is 0 Å². The maximum absolute atomic E-state index is 9.40. The van der Waals surface area contributed by atoms with E-state index in [0.717, 1.165) is 0 Å². The molecule has 0 bridgehead atoms. The van der Waals surface area contributed by atoms with Crippen molar-refractivity contribution < 1.29 is 97.7 Å². The zero-order valence-electron chi connectivity index (χ0n) is 42.5. The van der Waals surface area contributed by atoms with Crippen molar-refractivity contribution >= 4 is 0 Å². The van der Waals surface area contributed by atoms with Crippen LogP contribution in [0, 0.1) is 71.0 Å². The van der Waals surface area contributed by atoms with Gasteiger partial charge in [-0.2, -0.15) is 0 Å². The molecule has 20 atom stereocenters. The summed E-state index contributed by atoms with van der Waals surface area (Å²) in [6.45, 7) is 13.5. The zero-order valence-corrected chi connectivity index (χ0v) is 42.5. The summed E-state index contributed by atoms with van der Waals surface area (Å²) in [5, 5.41) is 75.1. The van der Waals surface area contributed by atoms with Crippen LogP contribution in [0.15, 0.2) is 0 Å². The van der Waals surface area contributed by atoms with Gasteiger partial charge in [-0.3, -0.25) is 0 Å². The molecule has 8 N–H and O–H groups in total. The zero-order chi connectivity index (χ0) is 50.5. The van der Waals surface area contributed by atoms with Crippen LogP contribution < -0.4 is 0 Å². The SMILES string of the molecule is CC.COCC1OC(OC)C(C)C(CO)C1CO.COCC1OC(OC)C(C)C(CO)C1CO.COCC1OC(OC)C(C)C(CO)C1CO.COCC1OC(OC)C(C)C(CO)C1CO. The van der Waals surface area contributed by atoms with Crippen molar-refractivity contribution in [2.24, 2.45) is 71.0 Å². The van der Waals surface area contributed by atoms with Gasteiger partial charge in [0.15, 0.2) is 25.2 Å². The summed E-state index contributed by atoms with van der Waals surface area (Å²) >= 11 is 0. The number of methoxy groups -OCH3 is 8. The van der Waals surface area contributed by atoms with E-state index < -0.39 is 0 Å². The Kier molecular flexibility index (Phi) is 36.6. The first-order chi connectivity index (χ1) is 31.8. The molecule has 4 aliphatic rings. The molecular weight excluding hydrogens is 872 g/mol. The summed E-state index contributed by atoms with van der Waals surface area (Å²) < 4.78 is 64.0.